The van der Waals surface area contributed by atoms with E-state index in [-0.39, 0.29) is 6.54 Å². The van der Waals surface area contributed by atoms with Crippen LogP contribution in [0.4, 0.5) is 4.79 Å². The van der Waals surface area contributed by atoms with Crippen molar-refractivity contribution in [2.75, 3.05) is 7.05 Å². The molecule has 19 heavy (non-hydrogen) atoms. The van der Waals surface area contributed by atoms with Crippen molar-refractivity contribution in [2.45, 2.75) is 33.4 Å². The van der Waals surface area contributed by atoms with Gasteiger partial charge >= 0.3 is 12.0 Å². The van der Waals surface area contributed by atoms with E-state index in [4.69, 9.17) is 9.52 Å². The summed E-state index contributed by atoms with van der Waals surface area (Å²) in [6.07, 6.45) is 1.52. The predicted octanol–water partition coefficient (Wildman–Crippen LogP) is 1.92. The van der Waals surface area contributed by atoms with Crippen LogP contribution in [0.1, 0.15) is 26.5 Å². The summed E-state index contributed by atoms with van der Waals surface area (Å²) < 4.78 is 5.14. The molecule has 1 aromatic rings. The first-order valence-corrected chi connectivity index (χ1v) is 5.98. The van der Waals surface area contributed by atoms with Crippen molar-refractivity contribution in [1.82, 2.24) is 10.2 Å². The molecule has 0 saturated heterocycles. The molecule has 2 N–H and O–H groups in total. The number of carbonyl (C=O) groups excluding carboxylic acids is 1. The Morgan fingerprint density at radius 2 is 2.11 bits per heavy atom. The molecule has 6 heteroatoms. The summed E-state index contributed by atoms with van der Waals surface area (Å²) in [5.74, 6) is -0.410. The fourth-order valence-corrected chi connectivity index (χ4v) is 1.59. The topological polar surface area (TPSA) is 82.8 Å². The number of hydrogen-bond acceptors (Lipinski definition) is 3. The first-order valence-electron chi connectivity index (χ1n) is 5.98. The van der Waals surface area contributed by atoms with Gasteiger partial charge in [-0.25, -0.2) is 9.59 Å². The number of urea groups is 1. The Balaban J connectivity index is 2.64. The average molecular weight is 268 g/mol. The minimum atomic E-state index is -1.05. The maximum atomic E-state index is 11.9. The van der Waals surface area contributed by atoms with E-state index in [1.54, 1.807) is 40.0 Å². The minimum absolute atomic E-state index is 0.287. The van der Waals surface area contributed by atoms with Crippen molar-refractivity contribution in [1.29, 1.82) is 0 Å². The highest BCUT2D eigenvalue weighted by molar-refractivity contribution is 5.83. The lowest BCUT2D eigenvalue weighted by atomic mass is 9.87. The van der Waals surface area contributed by atoms with Gasteiger partial charge in [0, 0.05) is 7.05 Å². The van der Waals surface area contributed by atoms with Crippen LogP contribution in [-0.2, 0) is 11.3 Å². The average Bonchev–Trinajstić information content (AvgIpc) is 2.75. The highest BCUT2D eigenvalue weighted by Crippen LogP contribution is 2.19. The molecule has 0 aliphatic heterocycles. The van der Waals surface area contributed by atoms with Crippen molar-refractivity contribution in [3.05, 3.63) is 24.2 Å². The molecular formula is C13H20N2O4. The smallest absolute Gasteiger partial charge is 0.326 e. The maximum Gasteiger partial charge on any atom is 0.326 e. The van der Waals surface area contributed by atoms with Gasteiger partial charge in [-0.3, -0.25) is 0 Å². The molecule has 1 aromatic heterocycles. The fourth-order valence-electron chi connectivity index (χ4n) is 1.59. The number of amides is 2. The number of aliphatic carboxylic acids is 1. The Hall–Kier alpha value is -1.98. The molecule has 6 nitrogen and oxygen atoms in total. The third-order valence-electron chi connectivity index (χ3n) is 2.70. The second-order valence-corrected chi connectivity index (χ2v) is 5.52. The second kappa shape index (κ2) is 5.77. The standard InChI is InChI=1S/C13H20N2O4/c1-13(2,3)10(11(16)17)14-12(18)15(4)8-9-6-5-7-19-9/h5-7,10H,8H2,1-4H3,(H,14,18)(H,16,17). The first-order chi connectivity index (χ1) is 8.71. The molecule has 1 atom stereocenters. The van der Waals surface area contributed by atoms with Crippen LogP contribution < -0.4 is 5.32 Å². The van der Waals surface area contributed by atoms with Gasteiger partial charge in [0.25, 0.3) is 0 Å². The number of nitrogens with zero attached hydrogens (tertiary/aromatic N) is 1. The van der Waals surface area contributed by atoms with E-state index < -0.39 is 23.5 Å². The summed E-state index contributed by atoms with van der Waals surface area (Å²) >= 11 is 0. The normalized spacial score (nSPS) is 12.8. The summed E-state index contributed by atoms with van der Waals surface area (Å²) in [7, 11) is 1.58. The lowest BCUT2D eigenvalue weighted by Crippen LogP contribution is -2.52. The Morgan fingerprint density at radius 3 is 2.53 bits per heavy atom. The third kappa shape index (κ3) is 4.31. The maximum absolute atomic E-state index is 11.9. The van der Waals surface area contributed by atoms with Crippen LogP contribution >= 0.6 is 0 Å². The summed E-state index contributed by atoms with van der Waals surface area (Å²) in [5, 5.41) is 11.7. The summed E-state index contributed by atoms with van der Waals surface area (Å²) in [5.41, 5.74) is -0.562. The van der Waals surface area contributed by atoms with Gasteiger partial charge in [-0.2, -0.15) is 0 Å². The third-order valence-corrected chi connectivity index (χ3v) is 2.70. The van der Waals surface area contributed by atoms with Gasteiger partial charge in [0.2, 0.25) is 0 Å². The molecule has 1 unspecified atom stereocenters. The van der Waals surface area contributed by atoms with E-state index in [0.717, 1.165) is 0 Å². The second-order valence-electron chi connectivity index (χ2n) is 5.52. The molecule has 0 saturated carbocycles. The first kappa shape index (κ1) is 15.1. The van der Waals surface area contributed by atoms with Gasteiger partial charge in [0.1, 0.15) is 11.8 Å². The van der Waals surface area contributed by atoms with E-state index in [1.807, 2.05) is 0 Å². The quantitative estimate of drug-likeness (QED) is 0.874. The van der Waals surface area contributed by atoms with Crippen LogP contribution in [0, 0.1) is 5.41 Å². The van der Waals surface area contributed by atoms with Crippen molar-refractivity contribution in [3.63, 3.8) is 0 Å². The summed E-state index contributed by atoms with van der Waals surface area (Å²) in [6.45, 7) is 5.57. The largest absolute Gasteiger partial charge is 0.480 e. The van der Waals surface area contributed by atoms with Crippen LogP contribution in [0.5, 0.6) is 0 Å². The highest BCUT2D eigenvalue weighted by atomic mass is 16.4. The number of carboxylic acids is 1. The Morgan fingerprint density at radius 1 is 1.47 bits per heavy atom. The van der Waals surface area contributed by atoms with Crippen LogP contribution in [0.15, 0.2) is 22.8 Å². The van der Waals surface area contributed by atoms with Crippen LogP contribution in [0.3, 0.4) is 0 Å². The number of rotatable bonds is 4. The molecule has 106 valence electrons. The van der Waals surface area contributed by atoms with Gasteiger partial charge in [0.15, 0.2) is 0 Å². The summed E-state index contributed by atoms with van der Waals surface area (Å²) in [6, 6.07) is 2.09. The molecule has 0 fully saturated rings. The number of nitrogens with one attached hydrogen (secondary N) is 1. The molecular weight excluding hydrogens is 248 g/mol. The Labute approximate surface area is 112 Å². The molecule has 0 aromatic carbocycles. The molecule has 0 aliphatic rings. The van der Waals surface area contributed by atoms with E-state index in [9.17, 15) is 9.59 Å². The van der Waals surface area contributed by atoms with Crippen molar-refractivity contribution in [2.24, 2.45) is 5.41 Å². The van der Waals surface area contributed by atoms with Gasteiger partial charge in [0.05, 0.1) is 12.8 Å². The fraction of sp³-hybridized carbons (Fsp3) is 0.538. The number of carboxylic acid groups (broad SMARTS) is 1. The lowest BCUT2D eigenvalue weighted by molar-refractivity contribution is -0.142. The number of furan rings is 1. The zero-order valence-corrected chi connectivity index (χ0v) is 11.6. The molecule has 1 heterocycles. The zero-order valence-electron chi connectivity index (χ0n) is 11.6. The summed E-state index contributed by atoms with van der Waals surface area (Å²) in [4.78, 5) is 24.5. The van der Waals surface area contributed by atoms with Crippen LogP contribution in [0.25, 0.3) is 0 Å². The van der Waals surface area contributed by atoms with E-state index in [2.05, 4.69) is 5.32 Å². The SMILES string of the molecule is CN(Cc1ccco1)C(=O)NC(C(=O)O)C(C)(C)C. The minimum Gasteiger partial charge on any atom is -0.480 e. The Kier molecular flexibility index (Phi) is 4.58. The van der Waals surface area contributed by atoms with Gasteiger partial charge in [-0.15, -0.1) is 0 Å². The number of hydrogen-bond donors (Lipinski definition) is 2. The van der Waals surface area contributed by atoms with Crippen molar-refractivity contribution < 1.29 is 19.1 Å². The molecule has 0 aliphatic carbocycles. The van der Waals surface area contributed by atoms with E-state index in [0.29, 0.717) is 5.76 Å². The molecule has 0 radical (unpaired) electrons. The lowest BCUT2D eigenvalue weighted by Gasteiger charge is -2.29. The predicted molar refractivity (Wildman–Crippen MR) is 69.6 cm³/mol. The van der Waals surface area contributed by atoms with Gasteiger partial charge in [-0.05, 0) is 17.5 Å². The van der Waals surface area contributed by atoms with Crippen LogP contribution in [0.2, 0.25) is 0 Å². The van der Waals surface area contributed by atoms with Gasteiger partial charge in [-0.1, -0.05) is 20.8 Å². The van der Waals surface area contributed by atoms with Crippen molar-refractivity contribution in [3.8, 4) is 0 Å². The highest BCUT2D eigenvalue weighted by Gasteiger charge is 2.33. The monoisotopic (exact) mass is 268 g/mol. The molecule has 2 amide bonds. The van der Waals surface area contributed by atoms with Gasteiger partial charge < -0.3 is 19.7 Å². The van der Waals surface area contributed by atoms with E-state index in [1.165, 1.54) is 11.2 Å². The molecule has 1 rings (SSSR count). The Bertz CT molecular complexity index is 434. The number of carbonyl (C=O) groups is 2. The molecule has 0 bridgehead atoms. The zero-order chi connectivity index (χ0) is 14.6. The van der Waals surface area contributed by atoms with Crippen LogP contribution in [-0.4, -0.2) is 35.1 Å². The van der Waals surface area contributed by atoms with Crippen molar-refractivity contribution >= 4 is 12.0 Å². The molecule has 0 spiro atoms. The van der Waals surface area contributed by atoms with E-state index >= 15 is 0 Å².